The van der Waals surface area contributed by atoms with Gasteiger partial charge in [-0.05, 0) is 29.8 Å². The van der Waals surface area contributed by atoms with Crippen molar-refractivity contribution in [2.45, 2.75) is 17.9 Å². The summed E-state index contributed by atoms with van der Waals surface area (Å²) in [5, 5.41) is 14.9. The Morgan fingerprint density at radius 1 is 1.11 bits per heavy atom. The zero-order valence-corrected chi connectivity index (χ0v) is 16.2. The van der Waals surface area contributed by atoms with Crippen molar-refractivity contribution >= 4 is 28.5 Å². The van der Waals surface area contributed by atoms with Crippen LogP contribution in [0.15, 0.2) is 53.7 Å². The van der Waals surface area contributed by atoms with Crippen LogP contribution in [0.3, 0.4) is 0 Å². The molecule has 27 heavy (non-hydrogen) atoms. The van der Waals surface area contributed by atoms with E-state index in [-0.39, 0.29) is 6.61 Å². The van der Waals surface area contributed by atoms with Gasteiger partial charge in [0, 0.05) is 18.2 Å². The number of aliphatic hydroxyl groups is 1. The van der Waals surface area contributed by atoms with Crippen molar-refractivity contribution in [1.82, 2.24) is 9.97 Å². The lowest BCUT2D eigenvalue weighted by molar-refractivity contribution is 0.0397. The highest BCUT2D eigenvalue weighted by Gasteiger charge is 2.10. The highest BCUT2D eigenvalue weighted by atomic mass is 32.2. The molecule has 0 spiro atoms. The zero-order chi connectivity index (χ0) is 19.1. The van der Waals surface area contributed by atoms with Crippen LogP contribution < -0.4 is 10.1 Å². The Morgan fingerprint density at radius 3 is 2.63 bits per heavy atom. The largest absolute Gasteiger partial charge is 0.497 e. The van der Waals surface area contributed by atoms with Crippen LogP contribution in [-0.4, -0.2) is 47.7 Å². The van der Waals surface area contributed by atoms with Gasteiger partial charge in [-0.2, -0.15) is 0 Å². The van der Waals surface area contributed by atoms with Crippen LogP contribution in [0.2, 0.25) is 0 Å². The third kappa shape index (κ3) is 5.32. The summed E-state index contributed by atoms with van der Waals surface area (Å²) in [6, 6.07) is 15.5. The normalized spacial score (nSPS) is 12.1. The molecule has 1 atom stereocenters. The van der Waals surface area contributed by atoms with E-state index >= 15 is 0 Å². The van der Waals surface area contributed by atoms with E-state index in [1.54, 1.807) is 7.11 Å². The minimum absolute atomic E-state index is 0.255. The number of methoxy groups -OCH3 is 1. The summed E-state index contributed by atoms with van der Waals surface area (Å²) in [7, 11) is 3.48. The second-order valence-electron chi connectivity index (χ2n) is 5.95. The molecule has 1 unspecified atom stereocenters. The van der Waals surface area contributed by atoms with Crippen molar-refractivity contribution in [2.75, 3.05) is 31.8 Å². The lowest BCUT2D eigenvalue weighted by Crippen LogP contribution is -2.18. The molecule has 1 heterocycles. The van der Waals surface area contributed by atoms with Gasteiger partial charge in [-0.3, -0.25) is 0 Å². The minimum atomic E-state index is -0.596. The molecule has 0 saturated heterocycles. The maximum Gasteiger partial charge on any atom is 0.190 e. The second-order valence-corrected chi connectivity index (χ2v) is 6.94. The van der Waals surface area contributed by atoms with Crippen LogP contribution >= 0.6 is 11.8 Å². The fourth-order valence-electron chi connectivity index (χ4n) is 2.56. The minimum Gasteiger partial charge on any atom is -0.497 e. The number of fused-ring (bicyclic) bond motifs is 1. The molecule has 2 N–H and O–H groups in total. The highest BCUT2D eigenvalue weighted by Crippen LogP contribution is 2.24. The quantitative estimate of drug-likeness (QED) is 0.432. The van der Waals surface area contributed by atoms with Gasteiger partial charge in [0.15, 0.2) is 5.16 Å². The molecule has 0 fully saturated rings. The monoisotopic (exact) mass is 385 g/mol. The van der Waals surface area contributed by atoms with Gasteiger partial charge >= 0.3 is 0 Å². The summed E-state index contributed by atoms with van der Waals surface area (Å²) >= 11 is 1.42. The highest BCUT2D eigenvalue weighted by molar-refractivity contribution is 7.99. The first-order valence-electron chi connectivity index (χ1n) is 8.65. The van der Waals surface area contributed by atoms with Crippen LogP contribution in [0.5, 0.6) is 5.75 Å². The SMILES string of the molecule is CNc1nc(SCC(O)COCc2ccc(OC)cc2)nc2ccccc12. The van der Waals surface area contributed by atoms with E-state index in [1.165, 1.54) is 11.8 Å². The van der Waals surface area contributed by atoms with E-state index < -0.39 is 6.10 Å². The second kappa shape index (κ2) is 9.55. The topological polar surface area (TPSA) is 76.5 Å². The summed E-state index contributed by atoms with van der Waals surface area (Å²) in [5.74, 6) is 2.06. The Hall–Kier alpha value is -2.35. The first-order valence-corrected chi connectivity index (χ1v) is 9.64. The van der Waals surface area contributed by atoms with Gasteiger partial charge in [-0.1, -0.05) is 36.0 Å². The molecule has 0 aliphatic heterocycles. The summed E-state index contributed by atoms with van der Waals surface area (Å²) < 4.78 is 10.7. The number of ether oxygens (including phenoxy) is 2. The molecule has 3 rings (SSSR count). The number of para-hydroxylation sites is 1. The predicted molar refractivity (Wildman–Crippen MR) is 108 cm³/mol. The fraction of sp³-hybridized carbons (Fsp3) is 0.300. The van der Waals surface area contributed by atoms with Crippen LogP contribution in [0.25, 0.3) is 10.9 Å². The van der Waals surface area contributed by atoms with Gasteiger partial charge in [0.1, 0.15) is 11.6 Å². The average molecular weight is 385 g/mol. The third-order valence-electron chi connectivity index (χ3n) is 3.96. The van der Waals surface area contributed by atoms with Gasteiger partial charge in [-0.15, -0.1) is 0 Å². The first-order chi connectivity index (χ1) is 13.2. The van der Waals surface area contributed by atoms with Crippen LogP contribution in [0, 0.1) is 0 Å². The molecule has 0 aliphatic rings. The predicted octanol–water partition coefficient (Wildman–Crippen LogP) is 3.35. The maximum absolute atomic E-state index is 10.2. The first kappa shape index (κ1) is 19.4. The van der Waals surface area contributed by atoms with E-state index in [0.717, 1.165) is 28.0 Å². The Kier molecular flexibility index (Phi) is 6.86. The van der Waals surface area contributed by atoms with E-state index in [1.807, 2.05) is 55.6 Å². The van der Waals surface area contributed by atoms with Gasteiger partial charge < -0.3 is 19.9 Å². The lowest BCUT2D eigenvalue weighted by Gasteiger charge is -2.12. The fourth-order valence-corrected chi connectivity index (χ4v) is 3.32. The van der Waals surface area contributed by atoms with Crippen molar-refractivity contribution < 1.29 is 14.6 Å². The Bertz CT molecular complexity index is 874. The van der Waals surface area contributed by atoms with E-state index in [4.69, 9.17) is 9.47 Å². The lowest BCUT2D eigenvalue weighted by atomic mass is 10.2. The number of nitrogens with one attached hydrogen (secondary N) is 1. The molecule has 2 aromatic carbocycles. The molecule has 0 saturated carbocycles. The molecule has 6 nitrogen and oxygen atoms in total. The number of benzene rings is 2. The van der Waals surface area contributed by atoms with E-state index in [9.17, 15) is 5.11 Å². The number of aromatic nitrogens is 2. The number of nitrogens with zero attached hydrogens (tertiary/aromatic N) is 2. The summed E-state index contributed by atoms with van der Waals surface area (Å²) in [6.45, 7) is 0.702. The summed E-state index contributed by atoms with van der Waals surface area (Å²) in [6.07, 6.45) is -0.596. The molecule has 142 valence electrons. The number of hydrogen-bond donors (Lipinski definition) is 2. The average Bonchev–Trinajstić information content (AvgIpc) is 2.72. The molecule has 0 bridgehead atoms. The van der Waals surface area contributed by atoms with E-state index in [2.05, 4.69) is 15.3 Å². The van der Waals surface area contributed by atoms with Gasteiger partial charge in [0.05, 0.1) is 31.9 Å². The van der Waals surface area contributed by atoms with E-state index in [0.29, 0.717) is 17.5 Å². The molecular weight excluding hydrogens is 362 g/mol. The van der Waals surface area contributed by atoms with Crippen molar-refractivity contribution in [3.8, 4) is 5.75 Å². The molecular formula is C20H23N3O3S. The molecule has 0 aliphatic carbocycles. The third-order valence-corrected chi connectivity index (χ3v) is 4.95. The van der Waals surface area contributed by atoms with Crippen LogP contribution in [-0.2, 0) is 11.3 Å². The molecule has 0 radical (unpaired) electrons. The Balaban J connectivity index is 1.50. The maximum atomic E-state index is 10.2. The van der Waals surface area contributed by atoms with Crippen LogP contribution in [0.1, 0.15) is 5.56 Å². The summed E-state index contributed by atoms with van der Waals surface area (Å²) in [4.78, 5) is 9.06. The summed E-state index contributed by atoms with van der Waals surface area (Å²) in [5.41, 5.74) is 1.91. The van der Waals surface area contributed by atoms with Crippen molar-refractivity contribution in [1.29, 1.82) is 0 Å². The van der Waals surface area contributed by atoms with Crippen molar-refractivity contribution in [3.05, 3.63) is 54.1 Å². The van der Waals surface area contributed by atoms with Gasteiger partial charge in [0.2, 0.25) is 0 Å². The molecule has 1 aromatic heterocycles. The molecule has 7 heteroatoms. The standard InChI is InChI=1S/C20H23N3O3S/c1-21-19-17-5-3-4-6-18(17)22-20(23-19)27-13-15(24)12-26-11-14-7-9-16(25-2)10-8-14/h3-10,15,24H,11-13H2,1-2H3,(H,21,22,23). The van der Waals surface area contributed by atoms with Crippen molar-refractivity contribution in [2.24, 2.45) is 0 Å². The van der Waals surface area contributed by atoms with Crippen LogP contribution in [0.4, 0.5) is 5.82 Å². The van der Waals surface area contributed by atoms with Gasteiger partial charge in [-0.25, -0.2) is 9.97 Å². The van der Waals surface area contributed by atoms with Gasteiger partial charge in [0.25, 0.3) is 0 Å². The smallest absolute Gasteiger partial charge is 0.190 e. The Labute approximate surface area is 162 Å². The number of hydrogen-bond acceptors (Lipinski definition) is 7. The number of rotatable bonds is 9. The number of anilines is 1. The number of aliphatic hydroxyl groups excluding tert-OH is 1. The molecule has 3 aromatic rings. The Morgan fingerprint density at radius 2 is 1.89 bits per heavy atom. The zero-order valence-electron chi connectivity index (χ0n) is 15.4. The number of thioether (sulfide) groups is 1. The van der Waals surface area contributed by atoms with Crippen molar-refractivity contribution in [3.63, 3.8) is 0 Å². The molecule has 0 amide bonds.